The maximum absolute atomic E-state index is 12.4. The van der Waals surface area contributed by atoms with Crippen molar-refractivity contribution in [2.45, 2.75) is 39.3 Å². The molecule has 0 radical (unpaired) electrons. The highest BCUT2D eigenvalue weighted by molar-refractivity contribution is 6.08. The largest absolute Gasteiger partial charge is 0.465 e. The Morgan fingerprint density at radius 1 is 1.23 bits per heavy atom. The lowest BCUT2D eigenvalue weighted by Gasteiger charge is -2.19. The van der Waals surface area contributed by atoms with Gasteiger partial charge < -0.3 is 14.8 Å². The van der Waals surface area contributed by atoms with Crippen molar-refractivity contribution in [3.8, 4) is 0 Å². The molecule has 3 rings (SSSR count). The average Bonchev–Trinajstić information content (AvgIpc) is 2.95. The highest BCUT2D eigenvalue weighted by Gasteiger charge is 2.47. The first-order valence-corrected chi connectivity index (χ1v) is 9.48. The van der Waals surface area contributed by atoms with Gasteiger partial charge in [-0.15, -0.1) is 0 Å². The van der Waals surface area contributed by atoms with Crippen LogP contribution in [0.5, 0.6) is 0 Å². The van der Waals surface area contributed by atoms with Crippen LogP contribution in [0.1, 0.15) is 41.9 Å². The lowest BCUT2D eigenvalue weighted by molar-refractivity contribution is -0.148. The molecule has 1 aromatic carbocycles. The van der Waals surface area contributed by atoms with Crippen LogP contribution in [0.25, 0.3) is 10.9 Å². The number of hydrogen-bond acceptors (Lipinski definition) is 7. The number of imide groups is 1. The van der Waals surface area contributed by atoms with E-state index >= 15 is 0 Å². The number of hydrogen-bond donors (Lipinski definition) is 1. The van der Waals surface area contributed by atoms with Gasteiger partial charge in [0.2, 0.25) is 0 Å². The van der Waals surface area contributed by atoms with Crippen molar-refractivity contribution >= 4 is 34.8 Å². The van der Waals surface area contributed by atoms with E-state index in [0.717, 1.165) is 10.3 Å². The van der Waals surface area contributed by atoms with Gasteiger partial charge in [0.05, 0.1) is 23.9 Å². The molecule has 9 heteroatoms. The zero-order valence-electron chi connectivity index (χ0n) is 17.3. The Labute approximate surface area is 173 Å². The number of rotatable bonds is 6. The van der Waals surface area contributed by atoms with E-state index in [4.69, 9.17) is 9.47 Å². The van der Waals surface area contributed by atoms with Gasteiger partial charge in [-0.1, -0.05) is 25.1 Å². The van der Waals surface area contributed by atoms with E-state index < -0.39 is 36.0 Å². The third kappa shape index (κ3) is 3.70. The van der Waals surface area contributed by atoms with Crippen LogP contribution in [0.3, 0.4) is 0 Å². The molecule has 2 aromatic rings. The molecule has 0 bridgehead atoms. The molecule has 1 aliphatic heterocycles. The number of carbonyl (C=O) groups excluding carboxylic acids is 4. The third-order valence-corrected chi connectivity index (χ3v) is 5.33. The minimum Gasteiger partial charge on any atom is -0.465 e. The van der Waals surface area contributed by atoms with Gasteiger partial charge in [0, 0.05) is 5.39 Å². The number of amides is 3. The van der Waals surface area contributed by atoms with Gasteiger partial charge in [0.1, 0.15) is 18.7 Å². The summed E-state index contributed by atoms with van der Waals surface area (Å²) in [6, 6.07) is 6.62. The van der Waals surface area contributed by atoms with E-state index in [1.807, 2.05) is 18.2 Å². The molecule has 158 valence electrons. The molecule has 0 aliphatic carbocycles. The summed E-state index contributed by atoms with van der Waals surface area (Å²) in [5.41, 5.74) is 0.722. The van der Waals surface area contributed by atoms with Crippen LogP contribution in [0.4, 0.5) is 4.79 Å². The Hall–Kier alpha value is -3.49. The van der Waals surface area contributed by atoms with E-state index in [2.05, 4.69) is 10.3 Å². The van der Waals surface area contributed by atoms with E-state index in [1.165, 1.54) is 7.11 Å². The predicted octanol–water partition coefficient (Wildman–Crippen LogP) is 2.09. The minimum atomic E-state index is -1.04. The van der Waals surface area contributed by atoms with Crippen molar-refractivity contribution in [2.24, 2.45) is 0 Å². The number of carbonyl (C=O) groups is 4. The van der Waals surface area contributed by atoms with Gasteiger partial charge in [0.15, 0.2) is 0 Å². The Morgan fingerprint density at radius 3 is 2.57 bits per heavy atom. The molecule has 30 heavy (non-hydrogen) atoms. The number of para-hydroxylation sites is 1. The lowest BCUT2D eigenvalue weighted by atomic mass is 9.99. The maximum atomic E-state index is 12.4. The first-order chi connectivity index (χ1) is 14.2. The summed E-state index contributed by atoms with van der Waals surface area (Å²) in [7, 11) is 1.26. The fraction of sp³-hybridized carbons (Fsp3) is 0.381. The number of nitrogens with zero attached hydrogens (tertiary/aromatic N) is 2. The van der Waals surface area contributed by atoms with Gasteiger partial charge >= 0.3 is 18.0 Å². The molecular weight excluding hydrogens is 390 g/mol. The summed E-state index contributed by atoms with van der Waals surface area (Å²) in [6.07, 6.45) is 0.395. The molecule has 2 heterocycles. The molecule has 0 saturated carbocycles. The molecule has 0 unspecified atom stereocenters. The molecular formula is C21H23N3O6. The summed E-state index contributed by atoms with van der Waals surface area (Å²) in [4.78, 5) is 54.4. The zero-order chi connectivity index (χ0) is 22.1. The van der Waals surface area contributed by atoms with Gasteiger partial charge in [-0.05, 0) is 31.9 Å². The number of ether oxygens (including phenoxy) is 2. The molecule has 1 fully saturated rings. The van der Waals surface area contributed by atoms with Gasteiger partial charge in [0.25, 0.3) is 5.91 Å². The van der Waals surface area contributed by atoms with Crippen molar-refractivity contribution in [1.29, 1.82) is 0 Å². The van der Waals surface area contributed by atoms with E-state index in [9.17, 15) is 19.2 Å². The third-order valence-electron chi connectivity index (χ3n) is 5.33. The molecule has 0 spiro atoms. The highest BCUT2D eigenvalue weighted by Crippen LogP contribution is 2.24. The Bertz CT molecular complexity index is 1050. The molecule has 3 amide bonds. The SMILES string of the molecule is CC[C@]1(C)NC(=O)N(CC(=O)OCc2nc3ccccc3c(C)c2C(=O)OC)C1=O. The first-order valence-electron chi connectivity index (χ1n) is 9.48. The second-order valence-corrected chi connectivity index (χ2v) is 7.24. The number of benzene rings is 1. The second kappa shape index (κ2) is 8.10. The van der Waals surface area contributed by atoms with Crippen molar-refractivity contribution < 1.29 is 28.7 Å². The number of nitrogens with one attached hydrogen (secondary N) is 1. The lowest BCUT2D eigenvalue weighted by Crippen LogP contribution is -2.43. The fourth-order valence-corrected chi connectivity index (χ4v) is 3.37. The Balaban J connectivity index is 1.80. The van der Waals surface area contributed by atoms with Gasteiger partial charge in [-0.25, -0.2) is 14.6 Å². The van der Waals surface area contributed by atoms with Crippen molar-refractivity contribution in [2.75, 3.05) is 13.7 Å². The number of aryl methyl sites for hydroxylation is 1. The monoisotopic (exact) mass is 413 g/mol. The van der Waals surface area contributed by atoms with Gasteiger partial charge in [-0.3, -0.25) is 14.5 Å². The van der Waals surface area contributed by atoms with E-state index in [-0.39, 0.29) is 17.9 Å². The smallest absolute Gasteiger partial charge is 0.340 e. The summed E-state index contributed by atoms with van der Waals surface area (Å²) in [5.74, 6) is -1.87. The topological polar surface area (TPSA) is 115 Å². The number of aromatic nitrogens is 1. The zero-order valence-corrected chi connectivity index (χ0v) is 17.3. The van der Waals surface area contributed by atoms with Crippen LogP contribution in [0.2, 0.25) is 0 Å². The maximum Gasteiger partial charge on any atom is 0.340 e. The van der Waals surface area contributed by atoms with Crippen LogP contribution in [0, 0.1) is 6.92 Å². The van der Waals surface area contributed by atoms with Crippen LogP contribution in [0.15, 0.2) is 24.3 Å². The summed E-state index contributed by atoms with van der Waals surface area (Å²) < 4.78 is 10.1. The molecule has 1 atom stereocenters. The molecule has 1 N–H and O–H groups in total. The number of pyridine rings is 1. The number of methoxy groups -OCH3 is 1. The highest BCUT2D eigenvalue weighted by atomic mass is 16.5. The number of esters is 2. The quantitative estimate of drug-likeness (QED) is 0.570. The average molecular weight is 413 g/mol. The Kier molecular flexibility index (Phi) is 5.73. The standard InChI is InChI=1S/C21H23N3O6/c1-5-21(3)19(27)24(20(28)23-21)10-16(25)30-11-15-17(18(26)29-4)12(2)13-8-6-7-9-14(13)22-15/h6-9H,5,10-11H2,1-4H3,(H,23,28)/t21-/m0/s1. The first kappa shape index (κ1) is 21.2. The van der Waals surface area contributed by atoms with Crippen molar-refractivity contribution in [3.63, 3.8) is 0 Å². The molecule has 1 aromatic heterocycles. The van der Waals surface area contributed by atoms with Crippen molar-refractivity contribution in [3.05, 3.63) is 41.1 Å². The predicted molar refractivity (Wildman–Crippen MR) is 107 cm³/mol. The van der Waals surface area contributed by atoms with Crippen LogP contribution >= 0.6 is 0 Å². The molecule has 1 aliphatic rings. The van der Waals surface area contributed by atoms with Crippen molar-refractivity contribution in [1.82, 2.24) is 15.2 Å². The molecule has 1 saturated heterocycles. The van der Waals surface area contributed by atoms with E-state index in [1.54, 1.807) is 26.8 Å². The normalized spacial score (nSPS) is 18.5. The number of urea groups is 1. The summed E-state index contributed by atoms with van der Waals surface area (Å²) >= 11 is 0. The molecule has 9 nitrogen and oxygen atoms in total. The summed E-state index contributed by atoms with van der Waals surface area (Å²) in [5, 5.41) is 3.36. The van der Waals surface area contributed by atoms with E-state index in [0.29, 0.717) is 17.5 Å². The fourth-order valence-electron chi connectivity index (χ4n) is 3.37. The van der Waals surface area contributed by atoms with Gasteiger partial charge in [-0.2, -0.15) is 0 Å². The van der Waals surface area contributed by atoms with Crippen LogP contribution < -0.4 is 5.32 Å². The van der Waals surface area contributed by atoms with Crippen LogP contribution in [-0.4, -0.2) is 53.0 Å². The number of fused-ring (bicyclic) bond motifs is 1. The minimum absolute atomic E-state index is 0.220. The van der Waals surface area contributed by atoms with Crippen LogP contribution in [-0.2, 0) is 25.7 Å². The second-order valence-electron chi connectivity index (χ2n) is 7.24. The summed E-state index contributed by atoms with van der Waals surface area (Å²) in [6.45, 7) is 4.30. The Morgan fingerprint density at radius 2 is 1.93 bits per heavy atom.